The van der Waals surface area contributed by atoms with Gasteiger partial charge >= 0.3 is 5.97 Å². The molecular formula is C24H22ClN3O5S. The minimum absolute atomic E-state index is 0.0595. The maximum Gasteiger partial charge on any atom is 0.323 e. The third-order valence-corrected chi connectivity index (χ3v) is 6.83. The highest BCUT2D eigenvalue weighted by Crippen LogP contribution is 2.24. The smallest absolute Gasteiger partial charge is 0.323 e. The number of benzene rings is 3. The predicted octanol–water partition coefficient (Wildman–Crippen LogP) is 3.00. The average molecular weight is 500 g/mol. The molecular weight excluding hydrogens is 478 g/mol. The van der Waals surface area contributed by atoms with Gasteiger partial charge in [0, 0.05) is 17.8 Å². The SMILES string of the molecule is NS(=O)(=O)c1cc(C(=O)Nc2ccc3c(c2)CN[C@H](C(=O)OCc2ccccc2)C3)ccc1Cl. The number of nitrogens with one attached hydrogen (secondary N) is 2. The van der Waals surface area contributed by atoms with E-state index in [1.54, 1.807) is 6.07 Å². The summed E-state index contributed by atoms with van der Waals surface area (Å²) in [5.74, 6) is -0.826. The van der Waals surface area contributed by atoms with Crippen LogP contribution in [0.1, 0.15) is 27.0 Å². The molecule has 0 aromatic heterocycles. The minimum Gasteiger partial charge on any atom is -0.460 e. The number of halogens is 1. The topological polar surface area (TPSA) is 128 Å². The Morgan fingerprint density at radius 1 is 1.06 bits per heavy atom. The number of carbonyl (C=O) groups excluding carboxylic acids is 2. The van der Waals surface area contributed by atoms with Crippen molar-refractivity contribution in [2.45, 2.75) is 30.5 Å². The van der Waals surface area contributed by atoms with Gasteiger partial charge in [0.15, 0.2) is 0 Å². The lowest BCUT2D eigenvalue weighted by molar-refractivity contribution is -0.147. The lowest BCUT2D eigenvalue weighted by atomic mass is 9.95. The van der Waals surface area contributed by atoms with E-state index in [1.807, 2.05) is 42.5 Å². The molecule has 8 nitrogen and oxygen atoms in total. The van der Waals surface area contributed by atoms with E-state index < -0.39 is 22.0 Å². The summed E-state index contributed by atoms with van der Waals surface area (Å²) < 4.78 is 28.7. The van der Waals surface area contributed by atoms with Crippen LogP contribution >= 0.6 is 11.6 Å². The van der Waals surface area contributed by atoms with E-state index in [0.29, 0.717) is 18.7 Å². The fourth-order valence-corrected chi connectivity index (χ4v) is 4.73. The zero-order chi connectivity index (χ0) is 24.3. The molecule has 0 saturated carbocycles. The van der Waals surface area contributed by atoms with Crippen LogP contribution in [0.25, 0.3) is 0 Å². The molecule has 1 amide bonds. The third-order valence-electron chi connectivity index (χ3n) is 5.44. The zero-order valence-electron chi connectivity index (χ0n) is 18.0. The largest absolute Gasteiger partial charge is 0.460 e. The summed E-state index contributed by atoms with van der Waals surface area (Å²) in [6, 6.07) is 18.3. The van der Waals surface area contributed by atoms with Crippen molar-refractivity contribution >= 4 is 39.2 Å². The number of hydrogen-bond donors (Lipinski definition) is 3. The number of primary sulfonamides is 1. The highest BCUT2D eigenvalue weighted by molar-refractivity contribution is 7.89. The van der Waals surface area contributed by atoms with Crippen molar-refractivity contribution in [2.75, 3.05) is 5.32 Å². The molecule has 1 aliphatic heterocycles. The number of amides is 1. The second kappa shape index (κ2) is 9.94. The molecule has 1 atom stereocenters. The fourth-order valence-electron chi connectivity index (χ4n) is 3.65. The van der Waals surface area contributed by atoms with Gasteiger partial charge in [0.05, 0.1) is 5.02 Å². The van der Waals surface area contributed by atoms with E-state index in [2.05, 4.69) is 10.6 Å². The quantitative estimate of drug-likeness (QED) is 0.447. The number of carbonyl (C=O) groups is 2. The number of ether oxygens (including phenoxy) is 1. The first kappa shape index (κ1) is 23.9. The minimum atomic E-state index is -4.06. The van der Waals surface area contributed by atoms with E-state index in [-0.39, 0.29) is 28.1 Å². The second-order valence-corrected chi connectivity index (χ2v) is 9.80. The summed E-state index contributed by atoms with van der Waals surface area (Å²) in [6.45, 7) is 0.647. The molecule has 1 heterocycles. The van der Waals surface area contributed by atoms with Gasteiger partial charge in [-0.1, -0.05) is 48.0 Å². The van der Waals surface area contributed by atoms with Crippen LogP contribution in [0.5, 0.6) is 0 Å². The Labute approximate surface area is 202 Å². The first-order valence-corrected chi connectivity index (χ1v) is 12.3. The van der Waals surface area contributed by atoms with E-state index in [1.165, 1.54) is 12.1 Å². The van der Waals surface area contributed by atoms with Gasteiger partial charge in [-0.15, -0.1) is 0 Å². The molecule has 0 fully saturated rings. The molecule has 34 heavy (non-hydrogen) atoms. The highest BCUT2D eigenvalue weighted by atomic mass is 35.5. The first-order valence-electron chi connectivity index (χ1n) is 10.4. The zero-order valence-corrected chi connectivity index (χ0v) is 19.5. The predicted molar refractivity (Wildman–Crippen MR) is 128 cm³/mol. The van der Waals surface area contributed by atoms with E-state index >= 15 is 0 Å². The maximum atomic E-state index is 12.6. The molecule has 0 bridgehead atoms. The number of esters is 1. The van der Waals surface area contributed by atoms with Crippen molar-refractivity contribution in [3.05, 3.63) is 94.0 Å². The van der Waals surface area contributed by atoms with Gasteiger partial charge in [-0.25, -0.2) is 13.6 Å². The molecule has 1 aliphatic rings. The van der Waals surface area contributed by atoms with Gasteiger partial charge in [0.2, 0.25) is 10.0 Å². The van der Waals surface area contributed by atoms with Gasteiger partial charge in [-0.2, -0.15) is 0 Å². The van der Waals surface area contributed by atoms with Gasteiger partial charge in [0.25, 0.3) is 5.91 Å². The van der Waals surface area contributed by atoms with Crippen LogP contribution in [-0.4, -0.2) is 26.3 Å². The summed E-state index contributed by atoms with van der Waals surface area (Å²) in [4.78, 5) is 24.8. The number of hydrogen-bond acceptors (Lipinski definition) is 6. The lowest BCUT2D eigenvalue weighted by Gasteiger charge is -2.25. The summed E-state index contributed by atoms with van der Waals surface area (Å²) >= 11 is 5.88. The van der Waals surface area contributed by atoms with Crippen LogP contribution in [0.4, 0.5) is 5.69 Å². The second-order valence-electron chi connectivity index (χ2n) is 7.86. The molecule has 0 aliphatic carbocycles. The Bertz CT molecular complexity index is 1350. The van der Waals surface area contributed by atoms with E-state index in [9.17, 15) is 18.0 Å². The fraction of sp³-hybridized carbons (Fsp3) is 0.167. The summed E-state index contributed by atoms with van der Waals surface area (Å²) in [6.07, 6.45) is 0.464. The monoisotopic (exact) mass is 499 g/mol. The molecule has 0 saturated heterocycles. The lowest BCUT2D eigenvalue weighted by Crippen LogP contribution is -2.42. The third kappa shape index (κ3) is 5.63. The Morgan fingerprint density at radius 3 is 2.56 bits per heavy atom. The van der Waals surface area contributed by atoms with Crippen molar-refractivity contribution in [3.63, 3.8) is 0 Å². The van der Waals surface area contributed by atoms with Crippen molar-refractivity contribution < 1.29 is 22.7 Å². The highest BCUT2D eigenvalue weighted by Gasteiger charge is 2.26. The van der Waals surface area contributed by atoms with Crippen molar-refractivity contribution in [1.82, 2.24) is 5.32 Å². The number of rotatable bonds is 6. The first-order chi connectivity index (χ1) is 16.2. The summed E-state index contributed by atoms with van der Waals surface area (Å²) in [5, 5.41) is 11.0. The molecule has 3 aromatic carbocycles. The normalized spacial score (nSPS) is 15.3. The van der Waals surface area contributed by atoms with E-state index in [4.69, 9.17) is 21.5 Å². The standard InChI is InChI=1S/C24H22ClN3O5S/c25-20-9-7-17(12-22(20)34(26,31)32)23(29)28-19-8-6-16-11-21(27-13-18(16)10-19)24(30)33-14-15-4-2-1-3-5-15/h1-10,12,21,27H,11,13-14H2,(H,28,29)(H2,26,31,32)/t21-/m0/s1. The number of fused-ring (bicyclic) bond motifs is 1. The van der Waals surface area contributed by atoms with Crippen LogP contribution in [0.15, 0.2) is 71.6 Å². The van der Waals surface area contributed by atoms with Crippen molar-refractivity contribution in [1.29, 1.82) is 0 Å². The van der Waals surface area contributed by atoms with Gasteiger partial charge in [-0.3, -0.25) is 9.59 Å². The summed E-state index contributed by atoms with van der Waals surface area (Å²) in [5.41, 5.74) is 3.46. The molecule has 0 radical (unpaired) electrons. The van der Waals surface area contributed by atoms with Gasteiger partial charge in [-0.05, 0) is 53.4 Å². The van der Waals surface area contributed by atoms with Crippen LogP contribution in [0, 0.1) is 0 Å². The molecule has 10 heteroatoms. The Morgan fingerprint density at radius 2 is 1.82 bits per heavy atom. The Balaban J connectivity index is 1.40. The molecule has 176 valence electrons. The molecule has 0 spiro atoms. The Hall–Kier alpha value is -3.24. The maximum absolute atomic E-state index is 12.6. The number of nitrogens with two attached hydrogens (primary N) is 1. The average Bonchev–Trinajstić information content (AvgIpc) is 2.82. The van der Waals surface area contributed by atoms with Gasteiger partial charge in [0.1, 0.15) is 17.5 Å². The van der Waals surface area contributed by atoms with Crippen LogP contribution in [0.3, 0.4) is 0 Å². The van der Waals surface area contributed by atoms with E-state index in [0.717, 1.165) is 22.8 Å². The molecule has 0 unspecified atom stereocenters. The number of anilines is 1. The van der Waals surface area contributed by atoms with Crippen LogP contribution in [-0.2, 0) is 39.1 Å². The van der Waals surface area contributed by atoms with Crippen molar-refractivity contribution in [3.8, 4) is 0 Å². The van der Waals surface area contributed by atoms with Crippen LogP contribution in [0.2, 0.25) is 5.02 Å². The molecule has 4 N–H and O–H groups in total. The van der Waals surface area contributed by atoms with Crippen molar-refractivity contribution in [2.24, 2.45) is 5.14 Å². The number of sulfonamides is 1. The van der Waals surface area contributed by atoms with Gasteiger partial charge < -0.3 is 15.4 Å². The molecule has 3 aromatic rings. The molecule has 4 rings (SSSR count). The Kier molecular flexibility index (Phi) is 6.99. The van der Waals surface area contributed by atoms with Crippen LogP contribution < -0.4 is 15.8 Å². The summed E-state index contributed by atoms with van der Waals surface area (Å²) in [7, 11) is -4.06.